The fraction of sp³-hybridized carbons (Fsp3) is 0.222. The highest BCUT2D eigenvalue weighted by molar-refractivity contribution is 5.89. The molecule has 0 saturated heterocycles. The zero-order valence-corrected chi connectivity index (χ0v) is 8.41. The highest BCUT2D eigenvalue weighted by Crippen LogP contribution is 2.25. The molecular formula is C9H5F3N2O3. The second-order valence-corrected chi connectivity index (χ2v) is 2.72. The number of aromatic nitrogens is 1. The molecule has 0 spiro atoms. The maximum Gasteiger partial charge on any atom is 0.573 e. The molecule has 90 valence electrons. The highest BCUT2D eigenvalue weighted by atomic mass is 19.4. The van der Waals surface area contributed by atoms with Gasteiger partial charge in [-0.1, -0.05) is 0 Å². The second-order valence-electron chi connectivity index (χ2n) is 2.72. The van der Waals surface area contributed by atoms with Crippen LogP contribution in [-0.2, 0) is 4.74 Å². The third-order valence-corrected chi connectivity index (χ3v) is 1.61. The molecule has 0 fully saturated rings. The number of nitriles is 1. The molecule has 0 radical (unpaired) electrons. The Morgan fingerprint density at radius 1 is 1.53 bits per heavy atom. The monoisotopic (exact) mass is 246 g/mol. The summed E-state index contributed by atoms with van der Waals surface area (Å²) in [5.74, 6) is -1.73. The standard InChI is InChI=1S/C9H5F3N2O3/c1-16-8(15)5-2-7(17-9(10,11)12)6(3-13)14-4-5/h2,4H,1H3. The van der Waals surface area contributed by atoms with Crippen molar-refractivity contribution in [2.45, 2.75) is 6.36 Å². The van der Waals surface area contributed by atoms with Gasteiger partial charge in [-0.15, -0.1) is 13.2 Å². The molecule has 0 bridgehead atoms. The Morgan fingerprint density at radius 2 is 2.18 bits per heavy atom. The van der Waals surface area contributed by atoms with Gasteiger partial charge < -0.3 is 9.47 Å². The van der Waals surface area contributed by atoms with Crippen LogP contribution in [0.4, 0.5) is 13.2 Å². The van der Waals surface area contributed by atoms with E-state index >= 15 is 0 Å². The Bertz CT molecular complexity index is 479. The number of esters is 1. The fourth-order valence-electron chi connectivity index (χ4n) is 0.960. The van der Waals surface area contributed by atoms with E-state index in [0.29, 0.717) is 0 Å². The van der Waals surface area contributed by atoms with Crippen molar-refractivity contribution in [2.24, 2.45) is 0 Å². The first kappa shape index (κ1) is 12.8. The largest absolute Gasteiger partial charge is 0.573 e. The number of hydrogen-bond donors (Lipinski definition) is 0. The van der Waals surface area contributed by atoms with Crippen molar-refractivity contribution < 1.29 is 27.4 Å². The van der Waals surface area contributed by atoms with Gasteiger partial charge in [0.05, 0.1) is 12.7 Å². The summed E-state index contributed by atoms with van der Waals surface area (Å²) < 4.78 is 43.9. The lowest BCUT2D eigenvalue weighted by Gasteiger charge is -2.10. The highest BCUT2D eigenvalue weighted by Gasteiger charge is 2.33. The van der Waals surface area contributed by atoms with Crippen LogP contribution in [0.15, 0.2) is 12.3 Å². The van der Waals surface area contributed by atoms with Gasteiger partial charge in [0, 0.05) is 6.20 Å². The molecule has 0 aliphatic rings. The van der Waals surface area contributed by atoms with Crippen LogP contribution < -0.4 is 4.74 Å². The zero-order chi connectivity index (χ0) is 13.1. The third-order valence-electron chi connectivity index (χ3n) is 1.61. The molecule has 0 saturated carbocycles. The Kier molecular flexibility index (Phi) is 3.52. The van der Waals surface area contributed by atoms with Crippen molar-refractivity contribution in [1.82, 2.24) is 4.98 Å². The lowest BCUT2D eigenvalue weighted by molar-refractivity contribution is -0.274. The van der Waals surface area contributed by atoms with Crippen molar-refractivity contribution in [3.8, 4) is 11.8 Å². The van der Waals surface area contributed by atoms with Gasteiger partial charge in [-0.3, -0.25) is 0 Å². The van der Waals surface area contributed by atoms with Crippen molar-refractivity contribution in [3.63, 3.8) is 0 Å². The van der Waals surface area contributed by atoms with Crippen LogP contribution >= 0.6 is 0 Å². The number of carbonyl (C=O) groups is 1. The summed E-state index contributed by atoms with van der Waals surface area (Å²) in [6, 6.07) is 2.16. The van der Waals surface area contributed by atoms with Gasteiger partial charge in [0.1, 0.15) is 6.07 Å². The van der Waals surface area contributed by atoms with Gasteiger partial charge in [-0.05, 0) is 6.07 Å². The number of nitrogens with zero attached hydrogens (tertiary/aromatic N) is 2. The van der Waals surface area contributed by atoms with Crippen LogP contribution in [0, 0.1) is 11.3 Å². The Labute approximate surface area is 93.4 Å². The summed E-state index contributed by atoms with van der Waals surface area (Å²) >= 11 is 0. The summed E-state index contributed by atoms with van der Waals surface area (Å²) in [6.07, 6.45) is -4.05. The van der Waals surface area contributed by atoms with Crippen LogP contribution in [0.5, 0.6) is 5.75 Å². The van der Waals surface area contributed by atoms with E-state index in [1.54, 1.807) is 0 Å². The molecule has 1 heterocycles. The van der Waals surface area contributed by atoms with Gasteiger partial charge in [0.25, 0.3) is 0 Å². The molecule has 0 atom stereocenters. The Morgan fingerprint density at radius 3 is 2.65 bits per heavy atom. The van der Waals surface area contributed by atoms with Crippen LogP contribution in [0.3, 0.4) is 0 Å². The number of alkyl halides is 3. The average Bonchev–Trinajstić information content (AvgIpc) is 2.25. The first-order valence-electron chi connectivity index (χ1n) is 4.11. The summed E-state index contributed by atoms with van der Waals surface area (Å²) in [5.41, 5.74) is -0.819. The summed E-state index contributed by atoms with van der Waals surface area (Å²) in [4.78, 5) is 14.4. The maximum atomic E-state index is 12.0. The number of rotatable bonds is 2. The van der Waals surface area contributed by atoms with Crippen LogP contribution in [0.25, 0.3) is 0 Å². The fourth-order valence-corrected chi connectivity index (χ4v) is 0.960. The molecule has 0 amide bonds. The van der Waals surface area contributed by atoms with Crippen molar-refractivity contribution in [3.05, 3.63) is 23.5 Å². The van der Waals surface area contributed by atoms with E-state index in [1.165, 1.54) is 6.07 Å². The normalized spacial score (nSPS) is 10.5. The molecule has 0 unspecified atom stereocenters. The van der Waals surface area contributed by atoms with E-state index in [9.17, 15) is 18.0 Å². The molecule has 17 heavy (non-hydrogen) atoms. The lowest BCUT2D eigenvalue weighted by Crippen LogP contribution is -2.18. The minimum absolute atomic E-state index is 0.245. The van der Waals surface area contributed by atoms with Crippen LogP contribution in [-0.4, -0.2) is 24.4 Å². The smallest absolute Gasteiger partial charge is 0.465 e. The number of halogens is 3. The number of ether oxygens (including phenoxy) is 2. The van der Waals surface area contributed by atoms with Gasteiger partial charge in [-0.25, -0.2) is 9.78 Å². The van der Waals surface area contributed by atoms with E-state index in [1.807, 2.05) is 0 Å². The average molecular weight is 246 g/mol. The second kappa shape index (κ2) is 4.69. The zero-order valence-electron chi connectivity index (χ0n) is 8.41. The van der Waals surface area contributed by atoms with Crippen molar-refractivity contribution in [1.29, 1.82) is 5.26 Å². The SMILES string of the molecule is COC(=O)c1cnc(C#N)c(OC(F)(F)F)c1. The predicted octanol–water partition coefficient (Wildman–Crippen LogP) is 1.64. The van der Waals surface area contributed by atoms with Gasteiger partial charge in [0.15, 0.2) is 11.4 Å². The summed E-state index contributed by atoms with van der Waals surface area (Å²) in [5, 5.41) is 8.53. The molecule has 0 aliphatic carbocycles. The van der Waals surface area contributed by atoms with E-state index in [4.69, 9.17) is 5.26 Å². The minimum Gasteiger partial charge on any atom is -0.465 e. The first-order chi connectivity index (χ1) is 7.87. The van der Waals surface area contributed by atoms with Gasteiger partial charge >= 0.3 is 12.3 Å². The molecule has 1 aromatic heterocycles. The minimum atomic E-state index is -4.97. The summed E-state index contributed by atoms with van der Waals surface area (Å²) in [7, 11) is 1.06. The van der Waals surface area contributed by atoms with Gasteiger partial charge in [-0.2, -0.15) is 5.26 Å². The van der Waals surface area contributed by atoms with Gasteiger partial charge in [0.2, 0.25) is 0 Å². The number of methoxy groups -OCH3 is 1. The van der Waals surface area contributed by atoms with Crippen LogP contribution in [0.1, 0.15) is 16.1 Å². The first-order valence-corrected chi connectivity index (χ1v) is 4.11. The molecule has 0 aliphatic heterocycles. The van der Waals surface area contributed by atoms with Crippen molar-refractivity contribution >= 4 is 5.97 Å². The van der Waals surface area contributed by atoms with Crippen LogP contribution in [0.2, 0.25) is 0 Å². The Balaban J connectivity index is 3.17. The Hall–Kier alpha value is -2.30. The molecule has 0 aromatic carbocycles. The predicted molar refractivity (Wildman–Crippen MR) is 47.0 cm³/mol. The van der Waals surface area contributed by atoms with E-state index in [2.05, 4.69) is 14.5 Å². The lowest BCUT2D eigenvalue weighted by atomic mass is 10.2. The number of carbonyl (C=O) groups excluding carboxylic acids is 1. The molecule has 0 N–H and O–H groups in total. The van der Waals surface area contributed by atoms with E-state index in [-0.39, 0.29) is 5.56 Å². The molecular weight excluding hydrogens is 241 g/mol. The molecule has 1 rings (SSSR count). The summed E-state index contributed by atoms with van der Waals surface area (Å²) in [6.45, 7) is 0. The molecule has 5 nitrogen and oxygen atoms in total. The number of hydrogen-bond acceptors (Lipinski definition) is 5. The number of pyridine rings is 1. The quantitative estimate of drug-likeness (QED) is 0.741. The van der Waals surface area contributed by atoms with E-state index < -0.39 is 23.8 Å². The van der Waals surface area contributed by atoms with Crippen molar-refractivity contribution in [2.75, 3.05) is 7.11 Å². The topological polar surface area (TPSA) is 72.2 Å². The molecule has 8 heteroatoms. The third kappa shape index (κ3) is 3.34. The molecule has 1 aromatic rings. The van der Waals surface area contributed by atoms with E-state index in [0.717, 1.165) is 19.4 Å². The maximum absolute atomic E-state index is 12.0.